The molecule has 1 fully saturated rings. The molecular weight excluding hydrogens is 343 g/mol. The van der Waals surface area contributed by atoms with E-state index in [-0.39, 0.29) is 23.5 Å². The van der Waals surface area contributed by atoms with E-state index in [4.69, 9.17) is 4.42 Å². The van der Waals surface area contributed by atoms with Gasteiger partial charge in [0.05, 0.1) is 6.04 Å². The van der Waals surface area contributed by atoms with E-state index in [0.717, 1.165) is 13.1 Å². The number of benzene rings is 2. The lowest BCUT2D eigenvalue weighted by Crippen LogP contribution is -2.36. The fourth-order valence-electron chi connectivity index (χ4n) is 3.87. The summed E-state index contributed by atoms with van der Waals surface area (Å²) < 4.78 is 19.2. The molecular formula is C22H23FN2O2. The molecule has 1 saturated heterocycles. The predicted octanol–water partition coefficient (Wildman–Crippen LogP) is 4.45. The molecule has 0 spiro atoms. The Morgan fingerprint density at radius 3 is 2.67 bits per heavy atom. The number of carbonyl (C=O) groups excluding carboxylic acids is 1. The zero-order valence-electron chi connectivity index (χ0n) is 15.4. The van der Waals surface area contributed by atoms with Crippen LogP contribution < -0.4 is 5.32 Å². The van der Waals surface area contributed by atoms with Gasteiger partial charge in [0.25, 0.3) is 5.91 Å². The second-order valence-electron chi connectivity index (χ2n) is 7.08. The number of halogens is 1. The van der Waals surface area contributed by atoms with Gasteiger partial charge >= 0.3 is 0 Å². The molecule has 0 radical (unpaired) electrons. The van der Waals surface area contributed by atoms with Gasteiger partial charge in [-0.1, -0.05) is 30.3 Å². The molecule has 1 atom stereocenters. The summed E-state index contributed by atoms with van der Waals surface area (Å²) in [4.78, 5) is 15.2. The van der Waals surface area contributed by atoms with Gasteiger partial charge in [-0.05, 0) is 56.6 Å². The van der Waals surface area contributed by atoms with Gasteiger partial charge in [-0.15, -0.1) is 0 Å². The van der Waals surface area contributed by atoms with Crippen molar-refractivity contribution in [2.24, 2.45) is 0 Å². The number of fused-ring (bicyclic) bond motifs is 1. The van der Waals surface area contributed by atoms with E-state index in [1.54, 1.807) is 13.0 Å². The van der Waals surface area contributed by atoms with Crippen molar-refractivity contribution in [1.82, 2.24) is 10.2 Å². The molecule has 0 bridgehead atoms. The van der Waals surface area contributed by atoms with Crippen LogP contribution in [-0.2, 0) is 0 Å². The Kier molecular flexibility index (Phi) is 4.94. The summed E-state index contributed by atoms with van der Waals surface area (Å²) in [6, 6.07) is 14.7. The third kappa shape index (κ3) is 3.60. The number of nitrogens with zero attached hydrogens (tertiary/aromatic N) is 1. The maximum atomic E-state index is 13.5. The lowest BCUT2D eigenvalue weighted by Gasteiger charge is -2.28. The van der Waals surface area contributed by atoms with Gasteiger partial charge in [0.2, 0.25) is 0 Å². The molecule has 2 aromatic carbocycles. The van der Waals surface area contributed by atoms with Gasteiger partial charge < -0.3 is 9.73 Å². The summed E-state index contributed by atoms with van der Waals surface area (Å²) in [7, 11) is 0. The quantitative estimate of drug-likeness (QED) is 0.726. The second kappa shape index (κ2) is 7.53. The van der Waals surface area contributed by atoms with Crippen LogP contribution in [0, 0.1) is 12.7 Å². The molecule has 1 amide bonds. The van der Waals surface area contributed by atoms with Crippen molar-refractivity contribution in [2.75, 3.05) is 19.6 Å². The van der Waals surface area contributed by atoms with Crippen LogP contribution in [0.5, 0.6) is 0 Å². The molecule has 0 aliphatic carbocycles. The zero-order valence-corrected chi connectivity index (χ0v) is 15.4. The number of aryl methyl sites for hydroxylation is 1. The van der Waals surface area contributed by atoms with Gasteiger partial charge in [0, 0.05) is 17.5 Å². The Hall–Kier alpha value is -2.66. The molecule has 4 nitrogen and oxygen atoms in total. The zero-order chi connectivity index (χ0) is 18.8. The number of amides is 1. The van der Waals surface area contributed by atoms with E-state index in [0.29, 0.717) is 23.1 Å². The second-order valence-corrected chi connectivity index (χ2v) is 7.08. The number of nitrogens with one attached hydrogen (secondary N) is 1. The minimum absolute atomic E-state index is 0.139. The molecule has 1 N–H and O–H groups in total. The van der Waals surface area contributed by atoms with Crippen molar-refractivity contribution in [1.29, 1.82) is 0 Å². The van der Waals surface area contributed by atoms with Gasteiger partial charge in [-0.2, -0.15) is 0 Å². The summed E-state index contributed by atoms with van der Waals surface area (Å²) in [5.41, 5.74) is 2.39. The van der Waals surface area contributed by atoms with Crippen molar-refractivity contribution in [3.8, 4) is 0 Å². The Labute approximate surface area is 158 Å². The highest BCUT2D eigenvalue weighted by Gasteiger charge is 2.25. The van der Waals surface area contributed by atoms with Crippen LogP contribution in [0.1, 0.15) is 40.6 Å². The van der Waals surface area contributed by atoms with Crippen LogP contribution >= 0.6 is 0 Å². The molecule has 1 aliphatic heterocycles. The van der Waals surface area contributed by atoms with Crippen LogP contribution in [0.25, 0.3) is 11.0 Å². The molecule has 1 aromatic heterocycles. The molecule has 2 heterocycles. The first-order valence-electron chi connectivity index (χ1n) is 9.39. The molecule has 0 saturated carbocycles. The predicted molar refractivity (Wildman–Crippen MR) is 103 cm³/mol. The third-order valence-corrected chi connectivity index (χ3v) is 5.33. The number of rotatable bonds is 5. The number of hydrogen-bond acceptors (Lipinski definition) is 3. The molecule has 1 aliphatic rings. The third-order valence-electron chi connectivity index (χ3n) is 5.33. The monoisotopic (exact) mass is 366 g/mol. The number of hydrogen-bond donors (Lipinski definition) is 1. The molecule has 140 valence electrons. The average Bonchev–Trinajstić information content (AvgIpc) is 3.32. The Bertz CT molecular complexity index is 946. The Balaban J connectivity index is 1.54. The van der Waals surface area contributed by atoms with E-state index in [1.165, 1.54) is 30.5 Å². The van der Waals surface area contributed by atoms with Crippen molar-refractivity contribution in [3.63, 3.8) is 0 Å². The van der Waals surface area contributed by atoms with Crippen molar-refractivity contribution in [2.45, 2.75) is 25.8 Å². The van der Waals surface area contributed by atoms with Crippen LogP contribution in [0.3, 0.4) is 0 Å². The maximum absolute atomic E-state index is 13.5. The van der Waals surface area contributed by atoms with Crippen molar-refractivity contribution in [3.05, 3.63) is 71.2 Å². The van der Waals surface area contributed by atoms with E-state index in [9.17, 15) is 9.18 Å². The van der Waals surface area contributed by atoms with Crippen LogP contribution in [0.15, 0.2) is 52.9 Å². The molecule has 4 rings (SSSR count). The highest BCUT2D eigenvalue weighted by Crippen LogP contribution is 2.27. The standard InChI is InChI=1S/C22H23FN2O2/c1-15-18-13-17(23)9-10-20(18)27-21(15)22(26)24-14-19(25-11-5-6-12-25)16-7-3-2-4-8-16/h2-4,7-10,13,19H,5-6,11-12,14H2,1H3,(H,24,26). The summed E-state index contributed by atoms with van der Waals surface area (Å²) in [5.74, 6) is -0.343. The van der Waals surface area contributed by atoms with Gasteiger partial charge in [0.1, 0.15) is 11.4 Å². The van der Waals surface area contributed by atoms with E-state index >= 15 is 0 Å². The minimum atomic E-state index is -0.337. The minimum Gasteiger partial charge on any atom is -0.451 e. The smallest absolute Gasteiger partial charge is 0.287 e. The van der Waals surface area contributed by atoms with Crippen molar-refractivity contribution >= 4 is 16.9 Å². The highest BCUT2D eigenvalue weighted by atomic mass is 19.1. The summed E-state index contributed by atoms with van der Waals surface area (Å²) in [5, 5.41) is 3.66. The first-order chi connectivity index (χ1) is 13.1. The summed E-state index contributed by atoms with van der Waals surface area (Å²) in [6.07, 6.45) is 2.37. The number of likely N-dealkylation sites (tertiary alicyclic amines) is 1. The van der Waals surface area contributed by atoms with Crippen LogP contribution in [0.2, 0.25) is 0 Å². The fraction of sp³-hybridized carbons (Fsp3) is 0.318. The molecule has 3 aromatic rings. The first kappa shape index (κ1) is 17.7. The highest BCUT2D eigenvalue weighted by molar-refractivity contribution is 5.98. The van der Waals surface area contributed by atoms with E-state index in [2.05, 4.69) is 22.3 Å². The fourth-order valence-corrected chi connectivity index (χ4v) is 3.87. The van der Waals surface area contributed by atoms with Crippen LogP contribution in [-0.4, -0.2) is 30.4 Å². The van der Waals surface area contributed by atoms with Gasteiger partial charge in [-0.3, -0.25) is 9.69 Å². The largest absolute Gasteiger partial charge is 0.451 e. The van der Waals surface area contributed by atoms with Crippen molar-refractivity contribution < 1.29 is 13.6 Å². The lowest BCUT2D eigenvalue weighted by molar-refractivity contribution is 0.0911. The van der Waals surface area contributed by atoms with Gasteiger partial charge in [0.15, 0.2) is 5.76 Å². The Morgan fingerprint density at radius 2 is 1.93 bits per heavy atom. The summed E-state index contributed by atoms with van der Waals surface area (Å²) in [6.45, 7) is 4.37. The number of furan rings is 1. The van der Waals surface area contributed by atoms with E-state index in [1.807, 2.05) is 18.2 Å². The molecule has 27 heavy (non-hydrogen) atoms. The van der Waals surface area contributed by atoms with Gasteiger partial charge in [-0.25, -0.2) is 4.39 Å². The number of carbonyl (C=O) groups is 1. The average molecular weight is 366 g/mol. The summed E-state index contributed by atoms with van der Waals surface area (Å²) >= 11 is 0. The molecule has 1 unspecified atom stereocenters. The molecule has 5 heteroatoms. The SMILES string of the molecule is Cc1c(C(=O)NCC(c2ccccc2)N2CCCC2)oc2ccc(F)cc12. The first-order valence-corrected chi connectivity index (χ1v) is 9.39. The van der Waals surface area contributed by atoms with E-state index < -0.39 is 0 Å². The Morgan fingerprint density at radius 1 is 1.19 bits per heavy atom. The maximum Gasteiger partial charge on any atom is 0.287 e. The van der Waals surface area contributed by atoms with Crippen LogP contribution in [0.4, 0.5) is 4.39 Å². The normalized spacial score (nSPS) is 15.9. The lowest BCUT2D eigenvalue weighted by atomic mass is 10.1. The topological polar surface area (TPSA) is 45.5 Å².